The summed E-state index contributed by atoms with van der Waals surface area (Å²) in [4.78, 5) is 46.9. The number of carbonyl (C=O) groups excluding carboxylic acids is 3. The molecule has 2 heterocycles. The number of anilines is 1. The average Bonchev–Trinajstić information content (AvgIpc) is 3.30. The van der Waals surface area contributed by atoms with Gasteiger partial charge in [-0.1, -0.05) is 75.7 Å². The van der Waals surface area contributed by atoms with Crippen molar-refractivity contribution in [3.8, 4) is 0 Å². The molecule has 48 heavy (non-hydrogen) atoms. The molecule has 3 aromatic rings. The zero-order chi connectivity index (χ0) is 35.2. The van der Waals surface area contributed by atoms with Crippen LogP contribution in [-0.2, 0) is 32.6 Å². The Morgan fingerprint density at radius 3 is 2.33 bits per heavy atom. The van der Waals surface area contributed by atoms with Crippen LogP contribution in [0.1, 0.15) is 39.0 Å². The summed E-state index contributed by atoms with van der Waals surface area (Å²) >= 11 is 6.04. The molecule has 1 unspecified atom stereocenters. The van der Waals surface area contributed by atoms with Gasteiger partial charge in [0.1, 0.15) is 12.6 Å². The number of halogens is 1. The molecule has 4 N–H and O–H groups in total. The van der Waals surface area contributed by atoms with E-state index in [0.717, 1.165) is 10.5 Å². The molecule has 0 saturated carbocycles. The molecular formula is C34H43ClN6O6S. The number of aliphatic hydroxyl groups is 1. The number of hydrogen-bond acceptors (Lipinski definition) is 8. The number of hydrogen-bond donors (Lipinski definition) is 3. The van der Waals surface area contributed by atoms with Gasteiger partial charge in [0.15, 0.2) is 0 Å². The van der Waals surface area contributed by atoms with Gasteiger partial charge in [-0.05, 0) is 54.2 Å². The molecule has 0 aliphatic carbocycles. The van der Waals surface area contributed by atoms with Crippen LogP contribution in [0.5, 0.6) is 0 Å². The van der Waals surface area contributed by atoms with Crippen molar-refractivity contribution in [2.45, 2.75) is 63.7 Å². The van der Waals surface area contributed by atoms with Crippen LogP contribution in [0.4, 0.5) is 10.5 Å². The van der Waals surface area contributed by atoms with Crippen LogP contribution in [0.2, 0.25) is 5.02 Å². The number of nitrogens with one attached hydrogen (secondary N) is 1. The number of urea groups is 1. The van der Waals surface area contributed by atoms with E-state index in [2.05, 4.69) is 10.3 Å². The number of benzene rings is 2. The summed E-state index contributed by atoms with van der Waals surface area (Å²) in [7, 11) is -4.13. The highest BCUT2D eigenvalue weighted by atomic mass is 35.5. The first-order valence-electron chi connectivity index (χ1n) is 15.8. The van der Waals surface area contributed by atoms with E-state index in [9.17, 15) is 27.9 Å². The minimum atomic E-state index is -4.13. The van der Waals surface area contributed by atoms with Gasteiger partial charge in [-0.25, -0.2) is 13.2 Å². The Kier molecular flexibility index (Phi) is 12.2. The molecule has 2 aromatic carbocycles. The van der Waals surface area contributed by atoms with Crippen molar-refractivity contribution < 1.29 is 27.9 Å². The number of rotatable bonds is 15. The second-order valence-electron chi connectivity index (χ2n) is 12.7. The number of carbonyl (C=O) groups is 3. The fourth-order valence-corrected chi connectivity index (χ4v) is 7.43. The van der Waals surface area contributed by atoms with Gasteiger partial charge in [0.2, 0.25) is 15.9 Å². The number of nitrogen functional groups attached to an aromatic ring is 1. The van der Waals surface area contributed by atoms with E-state index in [-0.39, 0.29) is 54.1 Å². The molecule has 0 bridgehead atoms. The Bertz CT molecular complexity index is 1690. The van der Waals surface area contributed by atoms with E-state index in [4.69, 9.17) is 17.3 Å². The molecule has 1 aliphatic rings. The zero-order valence-corrected chi connectivity index (χ0v) is 29.1. The molecule has 258 valence electrons. The van der Waals surface area contributed by atoms with Crippen LogP contribution < -0.4 is 11.1 Å². The molecule has 0 radical (unpaired) electrons. The van der Waals surface area contributed by atoms with Crippen molar-refractivity contribution in [1.82, 2.24) is 24.4 Å². The molecular weight excluding hydrogens is 656 g/mol. The Hall–Kier alpha value is -4.04. The topological polar surface area (TPSA) is 166 Å². The number of sulfonamides is 1. The maximum Gasteiger partial charge on any atom is 0.328 e. The van der Waals surface area contributed by atoms with Gasteiger partial charge in [-0.15, -0.1) is 0 Å². The Balaban J connectivity index is 1.60. The van der Waals surface area contributed by atoms with Gasteiger partial charge in [0, 0.05) is 19.3 Å². The van der Waals surface area contributed by atoms with Gasteiger partial charge in [0.05, 0.1) is 40.0 Å². The van der Waals surface area contributed by atoms with Crippen molar-refractivity contribution >= 4 is 45.2 Å². The zero-order valence-electron chi connectivity index (χ0n) is 27.5. The number of pyridine rings is 1. The SMILES string of the molecule is CC(C)CN(C[C@@H](O)[C@H](Cc1ccccc1)NC(=O)C(C(C)C)N1CC(=O)N(Cc2ccccn2)C1=O)S(=O)(=O)c1ccc(Cl)c(N)c1. The van der Waals surface area contributed by atoms with Gasteiger partial charge >= 0.3 is 6.03 Å². The van der Waals surface area contributed by atoms with Crippen LogP contribution in [0, 0.1) is 11.8 Å². The Labute approximate surface area is 286 Å². The monoisotopic (exact) mass is 698 g/mol. The molecule has 1 aliphatic heterocycles. The summed E-state index contributed by atoms with van der Waals surface area (Å²) in [5, 5.41) is 14.8. The predicted molar refractivity (Wildman–Crippen MR) is 183 cm³/mol. The second-order valence-corrected chi connectivity index (χ2v) is 15.0. The fourth-order valence-electron chi connectivity index (χ4n) is 5.66. The number of imide groups is 1. The summed E-state index contributed by atoms with van der Waals surface area (Å²) in [5.41, 5.74) is 7.33. The van der Waals surface area contributed by atoms with Crippen molar-refractivity contribution in [2.75, 3.05) is 25.4 Å². The molecule has 0 spiro atoms. The summed E-state index contributed by atoms with van der Waals surface area (Å²) in [6, 6.07) is 15.8. The molecule has 4 amide bonds. The highest BCUT2D eigenvalue weighted by Crippen LogP contribution is 2.26. The Morgan fingerprint density at radius 1 is 1.04 bits per heavy atom. The summed E-state index contributed by atoms with van der Waals surface area (Å²) in [6.45, 7) is 6.65. The van der Waals surface area contributed by atoms with E-state index < -0.39 is 52.0 Å². The molecule has 1 fully saturated rings. The molecule has 1 saturated heterocycles. The number of aromatic nitrogens is 1. The summed E-state index contributed by atoms with van der Waals surface area (Å²) in [5.74, 6) is -1.53. The van der Waals surface area contributed by atoms with Crippen molar-refractivity contribution in [1.29, 1.82) is 0 Å². The van der Waals surface area contributed by atoms with Gasteiger partial charge in [-0.3, -0.25) is 19.5 Å². The highest BCUT2D eigenvalue weighted by molar-refractivity contribution is 7.89. The van der Waals surface area contributed by atoms with Crippen molar-refractivity contribution in [2.24, 2.45) is 11.8 Å². The lowest BCUT2D eigenvalue weighted by atomic mass is 9.97. The van der Waals surface area contributed by atoms with Gasteiger partial charge in [0.25, 0.3) is 5.91 Å². The smallest absolute Gasteiger partial charge is 0.328 e. The first-order valence-corrected chi connectivity index (χ1v) is 17.6. The number of amides is 4. The molecule has 14 heteroatoms. The van der Waals surface area contributed by atoms with Gasteiger partial charge in [-0.2, -0.15) is 4.31 Å². The van der Waals surface area contributed by atoms with Crippen LogP contribution in [0.15, 0.2) is 77.8 Å². The van der Waals surface area contributed by atoms with Crippen LogP contribution in [0.25, 0.3) is 0 Å². The predicted octanol–water partition coefficient (Wildman–Crippen LogP) is 3.54. The van der Waals surface area contributed by atoms with Crippen molar-refractivity contribution in [3.05, 3.63) is 89.2 Å². The molecule has 4 rings (SSSR count). The van der Waals surface area contributed by atoms with Crippen molar-refractivity contribution in [3.63, 3.8) is 0 Å². The highest BCUT2D eigenvalue weighted by Gasteiger charge is 2.44. The van der Waals surface area contributed by atoms with E-state index in [1.165, 1.54) is 27.4 Å². The minimum Gasteiger partial charge on any atom is -0.397 e. The fraction of sp³-hybridized carbons (Fsp3) is 0.412. The molecule has 1 aromatic heterocycles. The van der Waals surface area contributed by atoms with E-state index in [1.54, 1.807) is 38.2 Å². The van der Waals surface area contributed by atoms with E-state index in [1.807, 2.05) is 44.2 Å². The summed E-state index contributed by atoms with van der Waals surface area (Å²) in [6.07, 6.45) is 0.372. The van der Waals surface area contributed by atoms with Gasteiger partial charge < -0.3 is 21.1 Å². The third kappa shape index (κ3) is 8.90. The lowest BCUT2D eigenvalue weighted by molar-refractivity contribution is -0.129. The molecule has 12 nitrogen and oxygen atoms in total. The third-order valence-corrected chi connectivity index (χ3v) is 10.2. The van der Waals surface area contributed by atoms with Crippen LogP contribution >= 0.6 is 11.6 Å². The van der Waals surface area contributed by atoms with Crippen LogP contribution in [-0.4, -0.2) is 88.3 Å². The van der Waals surface area contributed by atoms with E-state index in [0.29, 0.717) is 5.69 Å². The first-order chi connectivity index (χ1) is 22.7. The lowest BCUT2D eigenvalue weighted by Gasteiger charge is -2.34. The number of nitrogens with zero attached hydrogens (tertiary/aromatic N) is 4. The van der Waals surface area contributed by atoms with E-state index >= 15 is 0 Å². The second kappa shape index (κ2) is 15.9. The maximum atomic E-state index is 14.0. The average molecular weight is 699 g/mol. The molecule has 3 atom stereocenters. The van der Waals surface area contributed by atoms with Crippen LogP contribution in [0.3, 0.4) is 0 Å². The lowest BCUT2D eigenvalue weighted by Crippen LogP contribution is -2.57. The largest absolute Gasteiger partial charge is 0.397 e. The summed E-state index contributed by atoms with van der Waals surface area (Å²) < 4.78 is 28.8. The minimum absolute atomic E-state index is 0.0315. The maximum absolute atomic E-state index is 14.0. The quantitative estimate of drug-likeness (QED) is 0.160. The number of nitrogens with two attached hydrogens (primary N) is 1. The normalized spacial score (nSPS) is 15.8. The first kappa shape index (κ1) is 36.8. The third-order valence-electron chi connectivity index (χ3n) is 8.02. The standard InChI is InChI=1S/C34H43ClN6O6S/c1-22(2)18-39(48(46,47)26-13-14-27(35)28(36)17-26)20-30(42)29(16-24-10-6-5-7-11-24)38-33(44)32(23(3)4)41-21-31(43)40(34(41)45)19-25-12-8-9-15-37-25/h5-15,17,22-23,29-30,32,42H,16,18-21,36H2,1-4H3,(H,38,44)/t29-,30+,32?/m0/s1. The number of aliphatic hydroxyl groups excluding tert-OH is 1. The Morgan fingerprint density at radius 2 is 1.73 bits per heavy atom.